The van der Waals surface area contributed by atoms with Gasteiger partial charge in [0.25, 0.3) is 0 Å². The first kappa shape index (κ1) is 6.46. The second-order valence-corrected chi connectivity index (χ2v) is 2.59. The van der Waals surface area contributed by atoms with E-state index in [0.29, 0.717) is 0 Å². The molecule has 1 aliphatic heterocycles. The van der Waals surface area contributed by atoms with Crippen molar-refractivity contribution >= 4 is 5.82 Å². The lowest BCUT2D eigenvalue weighted by molar-refractivity contribution is 0.224. The van der Waals surface area contributed by atoms with Crippen molar-refractivity contribution in [1.29, 1.82) is 0 Å². The standard InChI is InChI=1S/C8H9N2O/c1-6-5-10-8-7(11-6)3-2-4-9-8/h3-4,6H,5H2,1H3,(H,9,10). The summed E-state index contributed by atoms with van der Waals surface area (Å²) in [4.78, 5) is 4.06. The molecular formula is C8H9N2O. The summed E-state index contributed by atoms with van der Waals surface area (Å²) >= 11 is 0. The minimum Gasteiger partial charge on any atom is -0.485 e. The highest BCUT2D eigenvalue weighted by atomic mass is 16.5. The Morgan fingerprint density at radius 3 is 3.64 bits per heavy atom. The SMILES string of the molecule is CC1CNc2nc[c]cc2O1. The Hall–Kier alpha value is -1.25. The van der Waals surface area contributed by atoms with Gasteiger partial charge in [0.2, 0.25) is 0 Å². The van der Waals surface area contributed by atoms with Crippen molar-refractivity contribution in [2.45, 2.75) is 13.0 Å². The molecule has 57 valence electrons. The highest BCUT2D eigenvalue weighted by Crippen LogP contribution is 2.24. The molecule has 1 radical (unpaired) electrons. The van der Waals surface area contributed by atoms with Crippen LogP contribution in [-0.2, 0) is 0 Å². The molecule has 1 aromatic heterocycles. The van der Waals surface area contributed by atoms with Gasteiger partial charge in [-0.15, -0.1) is 0 Å². The third-order valence-electron chi connectivity index (χ3n) is 1.60. The van der Waals surface area contributed by atoms with Crippen LogP contribution in [0.1, 0.15) is 6.92 Å². The Labute approximate surface area is 65.4 Å². The summed E-state index contributed by atoms with van der Waals surface area (Å²) in [7, 11) is 0. The molecule has 1 aliphatic rings. The Balaban J connectivity index is 2.34. The fraction of sp³-hybridized carbons (Fsp3) is 0.375. The Kier molecular flexibility index (Phi) is 1.42. The number of hydrogen-bond donors (Lipinski definition) is 1. The molecule has 0 bridgehead atoms. The molecule has 3 heteroatoms. The number of hydrogen-bond acceptors (Lipinski definition) is 3. The Bertz CT molecular complexity index is 262. The molecule has 3 nitrogen and oxygen atoms in total. The van der Waals surface area contributed by atoms with Crippen LogP contribution in [0.25, 0.3) is 0 Å². The van der Waals surface area contributed by atoms with Crippen LogP contribution >= 0.6 is 0 Å². The van der Waals surface area contributed by atoms with Gasteiger partial charge in [0.1, 0.15) is 6.10 Å². The van der Waals surface area contributed by atoms with Gasteiger partial charge in [0.15, 0.2) is 11.6 Å². The van der Waals surface area contributed by atoms with Gasteiger partial charge in [-0.2, -0.15) is 0 Å². The van der Waals surface area contributed by atoms with E-state index in [1.165, 1.54) is 0 Å². The molecule has 0 aromatic carbocycles. The van der Waals surface area contributed by atoms with E-state index in [4.69, 9.17) is 4.74 Å². The lowest BCUT2D eigenvalue weighted by Crippen LogP contribution is -2.28. The van der Waals surface area contributed by atoms with Crippen molar-refractivity contribution < 1.29 is 4.74 Å². The van der Waals surface area contributed by atoms with E-state index < -0.39 is 0 Å². The van der Waals surface area contributed by atoms with Crippen LogP contribution in [0.2, 0.25) is 0 Å². The molecule has 0 spiro atoms. The summed E-state index contributed by atoms with van der Waals surface area (Å²) in [5.74, 6) is 1.62. The largest absolute Gasteiger partial charge is 0.485 e. The monoisotopic (exact) mass is 149 g/mol. The summed E-state index contributed by atoms with van der Waals surface area (Å²) in [6, 6.07) is 4.66. The lowest BCUT2D eigenvalue weighted by Gasteiger charge is -2.23. The van der Waals surface area contributed by atoms with Crippen LogP contribution in [0.4, 0.5) is 5.82 Å². The van der Waals surface area contributed by atoms with Crippen LogP contribution in [0, 0.1) is 6.07 Å². The van der Waals surface area contributed by atoms with Crippen molar-refractivity contribution in [2.75, 3.05) is 11.9 Å². The second kappa shape index (κ2) is 2.42. The van der Waals surface area contributed by atoms with E-state index in [9.17, 15) is 0 Å². The number of fused-ring (bicyclic) bond motifs is 1. The van der Waals surface area contributed by atoms with E-state index >= 15 is 0 Å². The molecule has 11 heavy (non-hydrogen) atoms. The van der Waals surface area contributed by atoms with Crippen molar-refractivity contribution in [2.24, 2.45) is 0 Å². The van der Waals surface area contributed by atoms with Gasteiger partial charge in [-0.25, -0.2) is 4.98 Å². The fourth-order valence-corrected chi connectivity index (χ4v) is 1.07. The molecular weight excluding hydrogens is 140 g/mol. The minimum absolute atomic E-state index is 0.222. The number of rotatable bonds is 0. The van der Waals surface area contributed by atoms with Gasteiger partial charge in [-0.3, -0.25) is 0 Å². The molecule has 0 fully saturated rings. The first-order valence-electron chi connectivity index (χ1n) is 3.63. The van der Waals surface area contributed by atoms with E-state index in [-0.39, 0.29) is 6.10 Å². The molecule has 1 unspecified atom stereocenters. The van der Waals surface area contributed by atoms with E-state index in [2.05, 4.69) is 16.4 Å². The van der Waals surface area contributed by atoms with E-state index in [1.54, 1.807) is 12.3 Å². The maximum atomic E-state index is 5.48. The number of pyridine rings is 1. The molecule has 0 amide bonds. The zero-order chi connectivity index (χ0) is 7.68. The van der Waals surface area contributed by atoms with Crippen LogP contribution in [0.3, 0.4) is 0 Å². The summed E-state index contributed by atoms with van der Waals surface area (Å²) in [5.41, 5.74) is 0. The minimum atomic E-state index is 0.222. The average Bonchev–Trinajstić information content (AvgIpc) is 2.04. The average molecular weight is 149 g/mol. The predicted molar refractivity (Wildman–Crippen MR) is 41.7 cm³/mol. The molecule has 0 saturated carbocycles. The molecule has 0 saturated heterocycles. The van der Waals surface area contributed by atoms with Crippen molar-refractivity contribution in [3.8, 4) is 5.75 Å². The van der Waals surface area contributed by atoms with E-state index in [1.807, 2.05) is 6.92 Å². The molecule has 1 N–H and O–H groups in total. The van der Waals surface area contributed by atoms with Gasteiger partial charge < -0.3 is 10.1 Å². The molecule has 0 aliphatic carbocycles. The molecule has 1 aromatic rings. The van der Waals surface area contributed by atoms with Gasteiger partial charge in [0.05, 0.1) is 6.54 Å². The van der Waals surface area contributed by atoms with Crippen LogP contribution in [0.15, 0.2) is 12.3 Å². The number of ether oxygens (including phenoxy) is 1. The van der Waals surface area contributed by atoms with Gasteiger partial charge in [0, 0.05) is 12.3 Å². The zero-order valence-electron chi connectivity index (χ0n) is 6.29. The van der Waals surface area contributed by atoms with Crippen molar-refractivity contribution in [3.05, 3.63) is 18.3 Å². The normalized spacial score (nSPS) is 21.4. The van der Waals surface area contributed by atoms with Crippen molar-refractivity contribution in [1.82, 2.24) is 4.98 Å². The number of nitrogens with one attached hydrogen (secondary N) is 1. The lowest BCUT2D eigenvalue weighted by atomic mass is 10.3. The Morgan fingerprint density at radius 2 is 2.73 bits per heavy atom. The fourth-order valence-electron chi connectivity index (χ4n) is 1.07. The molecule has 2 rings (SSSR count). The first-order valence-corrected chi connectivity index (χ1v) is 3.63. The molecule has 2 heterocycles. The summed E-state index contributed by atoms with van der Waals surface area (Å²) < 4.78 is 5.48. The smallest absolute Gasteiger partial charge is 0.168 e. The van der Waals surface area contributed by atoms with Crippen LogP contribution in [-0.4, -0.2) is 17.6 Å². The Morgan fingerprint density at radius 1 is 1.82 bits per heavy atom. The quantitative estimate of drug-likeness (QED) is 0.599. The van der Waals surface area contributed by atoms with E-state index in [0.717, 1.165) is 18.1 Å². The maximum absolute atomic E-state index is 5.48. The number of nitrogens with zero attached hydrogens (tertiary/aromatic N) is 1. The number of aromatic nitrogens is 1. The zero-order valence-corrected chi connectivity index (χ0v) is 6.29. The topological polar surface area (TPSA) is 34.2 Å². The maximum Gasteiger partial charge on any atom is 0.168 e. The predicted octanol–water partition coefficient (Wildman–Crippen LogP) is 1.07. The van der Waals surface area contributed by atoms with Crippen LogP contribution < -0.4 is 10.1 Å². The highest BCUT2D eigenvalue weighted by molar-refractivity contribution is 5.50. The second-order valence-electron chi connectivity index (χ2n) is 2.59. The third-order valence-corrected chi connectivity index (χ3v) is 1.60. The van der Waals surface area contributed by atoms with Gasteiger partial charge in [-0.1, -0.05) is 0 Å². The highest BCUT2D eigenvalue weighted by Gasteiger charge is 2.14. The first-order chi connectivity index (χ1) is 5.36. The van der Waals surface area contributed by atoms with Crippen LogP contribution in [0.5, 0.6) is 5.75 Å². The third kappa shape index (κ3) is 1.13. The number of anilines is 1. The summed E-state index contributed by atoms with van der Waals surface area (Å²) in [6.45, 7) is 2.84. The molecule has 1 atom stereocenters. The van der Waals surface area contributed by atoms with Crippen molar-refractivity contribution in [3.63, 3.8) is 0 Å². The summed E-state index contributed by atoms with van der Waals surface area (Å²) in [6.07, 6.45) is 1.85. The van der Waals surface area contributed by atoms with Gasteiger partial charge >= 0.3 is 0 Å². The van der Waals surface area contributed by atoms with Gasteiger partial charge in [-0.05, 0) is 13.0 Å². The summed E-state index contributed by atoms with van der Waals surface area (Å²) in [5, 5.41) is 3.16.